The molecule has 1 aromatic carbocycles. The maximum Gasteiger partial charge on any atom is 0.345 e. The Bertz CT molecular complexity index is 582. The fourth-order valence-electron chi connectivity index (χ4n) is 1.28. The minimum atomic E-state index is -0.302. The molecule has 3 aromatic rings. The first kappa shape index (κ1) is 10.2. The Labute approximate surface area is 92.0 Å². The number of rotatable bonds is 0. The van der Waals surface area contributed by atoms with Crippen LogP contribution in [0.1, 0.15) is 0 Å². The van der Waals surface area contributed by atoms with E-state index in [0.717, 1.165) is 10.9 Å². The summed E-state index contributed by atoms with van der Waals surface area (Å²) in [4.78, 5) is 19.8. The molecule has 0 aliphatic rings. The smallest absolute Gasteiger partial charge is 0.345 e. The van der Waals surface area contributed by atoms with Crippen molar-refractivity contribution in [3.05, 3.63) is 65.5 Å². The van der Waals surface area contributed by atoms with Crippen LogP contribution in [0.2, 0.25) is 0 Å². The highest BCUT2D eigenvalue weighted by Crippen LogP contribution is 2.05. The van der Waals surface area contributed by atoms with Crippen LogP contribution in [0.4, 0.5) is 0 Å². The van der Waals surface area contributed by atoms with Gasteiger partial charge in [-0.25, -0.2) is 9.78 Å². The van der Waals surface area contributed by atoms with Gasteiger partial charge in [0.1, 0.15) is 0 Å². The maximum atomic E-state index is 10.7. The third kappa shape index (κ3) is 2.57. The van der Waals surface area contributed by atoms with E-state index in [4.69, 9.17) is 0 Å². The van der Waals surface area contributed by atoms with Crippen LogP contribution in [0, 0.1) is 0 Å². The molecule has 0 atom stereocenters. The van der Waals surface area contributed by atoms with Crippen molar-refractivity contribution < 1.29 is 0 Å². The highest BCUT2D eigenvalue weighted by atomic mass is 16.1. The lowest BCUT2D eigenvalue weighted by atomic mass is 10.2. The zero-order valence-electron chi connectivity index (χ0n) is 8.55. The van der Waals surface area contributed by atoms with Crippen molar-refractivity contribution in [2.75, 3.05) is 0 Å². The van der Waals surface area contributed by atoms with Gasteiger partial charge in [0.25, 0.3) is 0 Å². The van der Waals surface area contributed by atoms with Crippen LogP contribution in [0.25, 0.3) is 10.9 Å². The third-order valence-electron chi connectivity index (χ3n) is 2.02. The van der Waals surface area contributed by atoms with Crippen LogP contribution in [0.3, 0.4) is 0 Å². The Hall–Kier alpha value is -2.36. The van der Waals surface area contributed by atoms with Gasteiger partial charge in [-0.2, -0.15) is 0 Å². The summed E-state index contributed by atoms with van der Waals surface area (Å²) in [5.74, 6) is 0. The molecule has 4 nitrogen and oxygen atoms in total. The molecule has 2 N–H and O–H groups in total. The fourth-order valence-corrected chi connectivity index (χ4v) is 1.28. The molecule has 0 bridgehead atoms. The molecular formula is C12H11N3O. The van der Waals surface area contributed by atoms with Gasteiger partial charge in [0, 0.05) is 24.0 Å². The number of benzene rings is 1. The Kier molecular flexibility index (Phi) is 3.13. The van der Waals surface area contributed by atoms with Gasteiger partial charge < -0.3 is 9.97 Å². The summed E-state index contributed by atoms with van der Waals surface area (Å²) in [5, 5.41) is 0.951. The van der Waals surface area contributed by atoms with Gasteiger partial charge in [-0.05, 0) is 18.2 Å². The van der Waals surface area contributed by atoms with Crippen molar-refractivity contribution in [2.24, 2.45) is 0 Å². The van der Waals surface area contributed by atoms with Gasteiger partial charge in [0.2, 0.25) is 0 Å². The van der Waals surface area contributed by atoms with E-state index in [-0.39, 0.29) is 5.69 Å². The molecule has 0 unspecified atom stereocenters. The lowest BCUT2D eigenvalue weighted by Gasteiger charge is -1.92. The van der Waals surface area contributed by atoms with Crippen LogP contribution in [-0.4, -0.2) is 15.0 Å². The second kappa shape index (κ2) is 4.93. The second-order valence-electron chi connectivity index (χ2n) is 3.16. The molecule has 0 spiro atoms. The largest absolute Gasteiger partial charge is 0.368 e. The number of aromatic nitrogens is 3. The number of para-hydroxylation sites is 1. The first-order chi connectivity index (χ1) is 7.86. The topological polar surface area (TPSA) is 61.5 Å². The van der Waals surface area contributed by atoms with Crippen molar-refractivity contribution in [1.82, 2.24) is 15.0 Å². The van der Waals surface area contributed by atoms with Gasteiger partial charge in [-0.1, -0.05) is 18.2 Å². The minimum Gasteiger partial charge on any atom is -0.368 e. The Morgan fingerprint density at radius 1 is 1.00 bits per heavy atom. The maximum absolute atomic E-state index is 10.7. The summed E-state index contributed by atoms with van der Waals surface area (Å²) in [6, 6.07) is 11.4. The first-order valence-electron chi connectivity index (χ1n) is 4.88. The molecule has 0 aliphatic heterocycles. The number of fused-ring (bicyclic) bond motifs is 1. The summed E-state index contributed by atoms with van der Waals surface area (Å²) >= 11 is 0. The number of aromatic amines is 2. The summed E-state index contributed by atoms with van der Waals surface area (Å²) in [5.41, 5.74) is 0.524. The van der Waals surface area contributed by atoms with Crippen molar-refractivity contribution in [1.29, 1.82) is 0 Å². The monoisotopic (exact) mass is 213 g/mol. The Balaban J connectivity index is 0.000000162. The minimum absolute atomic E-state index is 0.302. The zero-order chi connectivity index (χ0) is 11.2. The molecule has 16 heavy (non-hydrogen) atoms. The SMILES string of the molecule is O=c1ncc2ccccc2[nH]1.c1cc[nH]c1. The van der Waals surface area contributed by atoms with Crippen molar-refractivity contribution in [3.63, 3.8) is 0 Å². The quantitative estimate of drug-likeness (QED) is 0.599. The van der Waals surface area contributed by atoms with Gasteiger partial charge in [-0.15, -0.1) is 0 Å². The zero-order valence-corrected chi connectivity index (χ0v) is 8.55. The number of hydrogen-bond donors (Lipinski definition) is 2. The standard InChI is InChI=1S/C8H6N2O.C4H5N/c11-8-9-5-6-3-1-2-4-7(6)10-8;1-2-4-5-3-1/h1-5H,(H,9,10,11);1-5H. The van der Waals surface area contributed by atoms with E-state index in [1.165, 1.54) is 0 Å². The normalized spacial score (nSPS) is 9.50. The van der Waals surface area contributed by atoms with E-state index in [9.17, 15) is 4.79 Å². The van der Waals surface area contributed by atoms with E-state index in [2.05, 4.69) is 15.0 Å². The van der Waals surface area contributed by atoms with Gasteiger partial charge >= 0.3 is 5.69 Å². The number of nitrogens with one attached hydrogen (secondary N) is 2. The molecular weight excluding hydrogens is 202 g/mol. The molecule has 0 radical (unpaired) electrons. The lowest BCUT2D eigenvalue weighted by molar-refractivity contribution is 1.12. The average Bonchev–Trinajstić information content (AvgIpc) is 2.87. The molecule has 0 aliphatic carbocycles. The van der Waals surface area contributed by atoms with Gasteiger partial charge in [-0.3, -0.25) is 0 Å². The van der Waals surface area contributed by atoms with E-state index >= 15 is 0 Å². The highest BCUT2D eigenvalue weighted by Gasteiger charge is 1.90. The second-order valence-corrected chi connectivity index (χ2v) is 3.16. The van der Waals surface area contributed by atoms with Crippen molar-refractivity contribution >= 4 is 10.9 Å². The predicted molar refractivity (Wildman–Crippen MR) is 63.2 cm³/mol. The van der Waals surface area contributed by atoms with Gasteiger partial charge in [0.05, 0.1) is 5.52 Å². The summed E-state index contributed by atoms with van der Waals surface area (Å²) in [6.07, 6.45) is 5.31. The number of hydrogen-bond acceptors (Lipinski definition) is 2. The number of nitrogens with zero attached hydrogens (tertiary/aromatic N) is 1. The number of H-pyrrole nitrogens is 2. The molecule has 0 saturated heterocycles. The molecule has 3 rings (SSSR count). The molecule has 0 saturated carbocycles. The van der Waals surface area contributed by atoms with E-state index < -0.39 is 0 Å². The van der Waals surface area contributed by atoms with Crippen LogP contribution < -0.4 is 5.69 Å². The molecule has 4 heteroatoms. The van der Waals surface area contributed by atoms with E-state index in [1.807, 2.05) is 48.8 Å². The molecule has 0 amide bonds. The fraction of sp³-hybridized carbons (Fsp3) is 0. The highest BCUT2D eigenvalue weighted by molar-refractivity contribution is 5.76. The van der Waals surface area contributed by atoms with Crippen molar-refractivity contribution in [3.8, 4) is 0 Å². The third-order valence-corrected chi connectivity index (χ3v) is 2.02. The molecule has 2 heterocycles. The average molecular weight is 213 g/mol. The summed E-state index contributed by atoms with van der Waals surface area (Å²) in [6.45, 7) is 0. The molecule has 80 valence electrons. The van der Waals surface area contributed by atoms with Crippen LogP contribution in [0.5, 0.6) is 0 Å². The van der Waals surface area contributed by atoms with Crippen LogP contribution >= 0.6 is 0 Å². The Morgan fingerprint density at radius 3 is 2.44 bits per heavy atom. The molecule has 0 fully saturated rings. The van der Waals surface area contributed by atoms with Crippen LogP contribution in [-0.2, 0) is 0 Å². The summed E-state index contributed by atoms with van der Waals surface area (Å²) < 4.78 is 0. The van der Waals surface area contributed by atoms with Crippen molar-refractivity contribution in [2.45, 2.75) is 0 Å². The van der Waals surface area contributed by atoms with Crippen LogP contribution in [0.15, 0.2) is 59.8 Å². The first-order valence-corrected chi connectivity index (χ1v) is 4.88. The van der Waals surface area contributed by atoms with E-state index in [0.29, 0.717) is 0 Å². The molecule has 2 aromatic heterocycles. The summed E-state index contributed by atoms with van der Waals surface area (Å²) in [7, 11) is 0. The van der Waals surface area contributed by atoms with E-state index in [1.54, 1.807) is 6.20 Å². The predicted octanol–water partition coefficient (Wildman–Crippen LogP) is 1.94. The lowest BCUT2D eigenvalue weighted by Crippen LogP contribution is -2.07. The Morgan fingerprint density at radius 2 is 1.75 bits per heavy atom. The van der Waals surface area contributed by atoms with Gasteiger partial charge in [0.15, 0.2) is 0 Å².